The normalized spacial score (nSPS) is 25.7. The number of hydrogen-bond acceptors (Lipinski definition) is 5. The first-order chi connectivity index (χ1) is 13.9. The van der Waals surface area contributed by atoms with Crippen LogP contribution in [0.15, 0.2) is 62.6 Å². The topological polar surface area (TPSA) is 75.8 Å². The molecule has 3 atom stereocenters. The highest BCUT2D eigenvalue weighted by Crippen LogP contribution is 2.47. The first-order valence-corrected chi connectivity index (χ1v) is 11.1. The van der Waals surface area contributed by atoms with Crippen LogP contribution in [0.3, 0.4) is 0 Å². The molecule has 2 aliphatic heterocycles. The summed E-state index contributed by atoms with van der Waals surface area (Å²) in [7, 11) is -0.0701. The molecule has 3 heterocycles. The van der Waals surface area contributed by atoms with Crippen LogP contribution in [0.5, 0.6) is 0 Å². The largest absolute Gasteiger partial charge is 0.419 e. The molecular weight excluding hydrogens is 390 g/mol. The summed E-state index contributed by atoms with van der Waals surface area (Å²) < 4.78 is 35.5. The standard InChI is InChI=1S/C21H23N3O4S/c1-22-11-15-12-24(20(17(15)13-22)14-6-4-3-5-7-14)29(26,27)16-8-9-19-18(10-16)23(2)21(25)28-19/h3-10,15,17,20H,11-13H2,1-2H3/t15-,17-,20+/m0/s1. The Labute approximate surface area is 169 Å². The summed E-state index contributed by atoms with van der Waals surface area (Å²) in [5, 5.41) is 0. The molecule has 7 nitrogen and oxygen atoms in total. The predicted octanol–water partition coefficient (Wildman–Crippen LogP) is 2.05. The Balaban J connectivity index is 1.61. The van der Waals surface area contributed by atoms with Gasteiger partial charge in [0, 0.05) is 26.7 Å². The van der Waals surface area contributed by atoms with Crippen molar-refractivity contribution in [1.29, 1.82) is 0 Å². The SMILES string of the molecule is CN1C[C@H]2CN(S(=O)(=O)c3ccc4oc(=O)n(C)c4c3)[C@H](c3ccccc3)[C@H]2C1. The third-order valence-electron chi connectivity index (χ3n) is 6.32. The van der Waals surface area contributed by atoms with Crippen LogP contribution in [0.25, 0.3) is 11.1 Å². The number of aryl methyl sites for hydroxylation is 1. The number of benzene rings is 2. The lowest BCUT2D eigenvalue weighted by Crippen LogP contribution is -2.35. The molecule has 0 radical (unpaired) electrons. The minimum atomic E-state index is -3.74. The fourth-order valence-electron chi connectivity index (χ4n) is 4.94. The lowest BCUT2D eigenvalue weighted by atomic mass is 9.90. The predicted molar refractivity (Wildman–Crippen MR) is 109 cm³/mol. The van der Waals surface area contributed by atoms with E-state index < -0.39 is 15.8 Å². The molecule has 2 saturated heterocycles. The lowest BCUT2D eigenvalue weighted by molar-refractivity contribution is 0.297. The van der Waals surface area contributed by atoms with Gasteiger partial charge in [-0.3, -0.25) is 4.57 Å². The van der Waals surface area contributed by atoms with Crippen LogP contribution in [-0.2, 0) is 17.1 Å². The van der Waals surface area contributed by atoms with E-state index in [-0.39, 0.29) is 16.9 Å². The summed E-state index contributed by atoms with van der Waals surface area (Å²) in [5.41, 5.74) is 1.89. The number of hydrogen-bond donors (Lipinski definition) is 0. The van der Waals surface area contributed by atoms with Gasteiger partial charge >= 0.3 is 5.76 Å². The van der Waals surface area contributed by atoms with Crippen molar-refractivity contribution in [2.45, 2.75) is 10.9 Å². The van der Waals surface area contributed by atoms with Crippen LogP contribution in [0.1, 0.15) is 11.6 Å². The minimum Gasteiger partial charge on any atom is -0.408 e. The van der Waals surface area contributed by atoms with E-state index in [2.05, 4.69) is 11.9 Å². The minimum absolute atomic E-state index is 0.190. The molecule has 0 N–H and O–H groups in total. The van der Waals surface area contributed by atoms with Crippen LogP contribution >= 0.6 is 0 Å². The Morgan fingerprint density at radius 3 is 2.52 bits per heavy atom. The Morgan fingerprint density at radius 2 is 1.76 bits per heavy atom. The number of fused-ring (bicyclic) bond motifs is 2. The summed E-state index contributed by atoms with van der Waals surface area (Å²) in [4.78, 5) is 14.3. The van der Waals surface area contributed by atoms with Crippen molar-refractivity contribution in [3.05, 3.63) is 64.6 Å². The molecule has 0 amide bonds. The van der Waals surface area contributed by atoms with Crippen LogP contribution in [-0.4, -0.2) is 48.9 Å². The molecule has 2 aromatic carbocycles. The summed E-state index contributed by atoms with van der Waals surface area (Å²) in [6.07, 6.45) is 0. The number of aromatic nitrogens is 1. The van der Waals surface area contributed by atoms with Crippen LogP contribution in [0, 0.1) is 11.8 Å². The van der Waals surface area contributed by atoms with Gasteiger partial charge in [-0.1, -0.05) is 30.3 Å². The van der Waals surface area contributed by atoms with Gasteiger partial charge in [-0.05, 0) is 42.6 Å². The molecule has 0 aliphatic carbocycles. The summed E-state index contributed by atoms with van der Waals surface area (Å²) in [6, 6.07) is 14.3. The highest BCUT2D eigenvalue weighted by molar-refractivity contribution is 7.89. The molecular formula is C21H23N3O4S. The Kier molecular flexibility index (Phi) is 4.20. The molecule has 2 fully saturated rings. The van der Waals surface area contributed by atoms with Gasteiger partial charge in [0.15, 0.2) is 5.58 Å². The molecule has 29 heavy (non-hydrogen) atoms. The zero-order valence-corrected chi connectivity index (χ0v) is 17.2. The maximum Gasteiger partial charge on any atom is 0.419 e. The second-order valence-electron chi connectivity index (χ2n) is 8.13. The van der Waals surface area contributed by atoms with Gasteiger partial charge < -0.3 is 9.32 Å². The molecule has 5 rings (SSSR count). The van der Waals surface area contributed by atoms with Gasteiger partial charge in [-0.2, -0.15) is 4.31 Å². The lowest BCUT2D eigenvalue weighted by Gasteiger charge is -2.28. The van der Waals surface area contributed by atoms with Crippen molar-refractivity contribution < 1.29 is 12.8 Å². The van der Waals surface area contributed by atoms with E-state index in [0.29, 0.717) is 23.6 Å². The molecule has 0 unspecified atom stereocenters. The summed E-state index contributed by atoms with van der Waals surface area (Å²) in [5.74, 6) is 0.0663. The number of rotatable bonds is 3. The maximum atomic E-state index is 13.7. The van der Waals surface area contributed by atoms with E-state index in [0.717, 1.165) is 18.7 Å². The highest BCUT2D eigenvalue weighted by atomic mass is 32.2. The third kappa shape index (κ3) is 2.86. The molecule has 1 aromatic heterocycles. The Hall–Kier alpha value is -2.42. The van der Waals surface area contributed by atoms with E-state index in [1.54, 1.807) is 17.4 Å². The van der Waals surface area contributed by atoms with Gasteiger partial charge in [0.2, 0.25) is 10.0 Å². The first-order valence-electron chi connectivity index (χ1n) is 9.71. The molecule has 152 valence electrons. The number of nitrogens with zero attached hydrogens (tertiary/aromatic N) is 3. The summed E-state index contributed by atoms with van der Waals surface area (Å²) >= 11 is 0. The number of sulfonamides is 1. The van der Waals surface area contributed by atoms with Gasteiger partial charge in [0.25, 0.3) is 0 Å². The van der Waals surface area contributed by atoms with Gasteiger partial charge in [-0.25, -0.2) is 13.2 Å². The first kappa shape index (κ1) is 18.6. The fourth-order valence-corrected chi connectivity index (χ4v) is 6.68. The molecule has 0 saturated carbocycles. The van der Waals surface area contributed by atoms with Crippen LogP contribution < -0.4 is 5.76 Å². The van der Waals surface area contributed by atoms with E-state index >= 15 is 0 Å². The zero-order chi connectivity index (χ0) is 20.3. The quantitative estimate of drug-likeness (QED) is 0.657. The molecule has 0 spiro atoms. The molecule has 3 aromatic rings. The maximum absolute atomic E-state index is 13.7. The van der Waals surface area contributed by atoms with Crippen molar-refractivity contribution in [3.8, 4) is 0 Å². The summed E-state index contributed by atoms with van der Waals surface area (Å²) in [6.45, 7) is 2.28. The van der Waals surface area contributed by atoms with Crippen molar-refractivity contribution >= 4 is 21.1 Å². The van der Waals surface area contributed by atoms with Crippen molar-refractivity contribution in [1.82, 2.24) is 13.8 Å². The highest BCUT2D eigenvalue weighted by Gasteiger charge is 2.51. The molecule has 8 heteroatoms. The van der Waals surface area contributed by atoms with Gasteiger partial charge in [0.05, 0.1) is 16.5 Å². The fraction of sp³-hybridized carbons (Fsp3) is 0.381. The molecule has 2 aliphatic rings. The second-order valence-corrected chi connectivity index (χ2v) is 10.0. The van der Waals surface area contributed by atoms with Crippen molar-refractivity contribution in [2.24, 2.45) is 18.9 Å². The van der Waals surface area contributed by atoms with Crippen LogP contribution in [0.4, 0.5) is 0 Å². The monoisotopic (exact) mass is 413 g/mol. The van der Waals surface area contributed by atoms with Crippen molar-refractivity contribution in [2.75, 3.05) is 26.7 Å². The second kappa shape index (κ2) is 6.55. The zero-order valence-electron chi connectivity index (χ0n) is 16.4. The average Bonchev–Trinajstić information content (AvgIpc) is 3.33. The number of likely N-dealkylation sites (tertiary alicyclic amines) is 1. The molecule has 0 bridgehead atoms. The number of oxazole rings is 1. The van der Waals surface area contributed by atoms with Gasteiger partial charge in [-0.15, -0.1) is 0 Å². The van der Waals surface area contributed by atoms with Crippen LogP contribution in [0.2, 0.25) is 0 Å². The Morgan fingerprint density at radius 1 is 1.00 bits per heavy atom. The smallest absolute Gasteiger partial charge is 0.408 e. The van der Waals surface area contributed by atoms with Crippen molar-refractivity contribution in [3.63, 3.8) is 0 Å². The van der Waals surface area contributed by atoms with Gasteiger partial charge in [0.1, 0.15) is 0 Å². The van der Waals surface area contributed by atoms with E-state index in [9.17, 15) is 13.2 Å². The van der Waals surface area contributed by atoms with E-state index in [1.165, 1.54) is 16.7 Å². The van der Waals surface area contributed by atoms with E-state index in [4.69, 9.17) is 4.42 Å². The van der Waals surface area contributed by atoms with E-state index in [1.807, 2.05) is 30.3 Å². The third-order valence-corrected chi connectivity index (χ3v) is 8.16. The average molecular weight is 413 g/mol. The Bertz CT molecular complexity index is 1230.